The van der Waals surface area contributed by atoms with Crippen LogP contribution in [-0.2, 0) is 9.59 Å². The molecule has 1 aliphatic heterocycles. The lowest BCUT2D eigenvalue weighted by Crippen LogP contribution is -2.54. The minimum Gasteiger partial charge on any atom is -0.490 e. The first kappa shape index (κ1) is 28.2. The van der Waals surface area contributed by atoms with Crippen LogP contribution < -0.4 is 19.7 Å². The van der Waals surface area contributed by atoms with Gasteiger partial charge in [-0.25, -0.2) is 9.69 Å². The number of nitro groups is 2. The molecule has 0 radical (unpaired) electrons. The third kappa shape index (κ3) is 5.62. The first-order valence-corrected chi connectivity index (χ1v) is 12.4. The maximum Gasteiger partial charge on any atom is 0.335 e. The summed E-state index contributed by atoms with van der Waals surface area (Å²) in [5, 5.41) is 24.8. The number of halogens is 2. The smallest absolute Gasteiger partial charge is 0.335 e. The highest BCUT2D eigenvalue weighted by atomic mass is 79.9. The minimum absolute atomic E-state index is 0.00625. The number of ether oxygens (including phenoxy) is 2. The molecule has 1 N–H and O–H groups in total. The van der Waals surface area contributed by atoms with Gasteiger partial charge in [0.15, 0.2) is 11.5 Å². The van der Waals surface area contributed by atoms with Crippen molar-refractivity contribution in [3.05, 3.63) is 95.5 Å². The fourth-order valence-electron chi connectivity index (χ4n) is 3.67. The molecule has 15 heteroatoms. The van der Waals surface area contributed by atoms with Gasteiger partial charge in [0.2, 0.25) is 5.75 Å². The number of hydrogen-bond donors (Lipinski definition) is 1. The van der Waals surface area contributed by atoms with Crippen LogP contribution in [0, 0.1) is 20.2 Å². The molecule has 0 bridgehead atoms. The molecule has 40 heavy (non-hydrogen) atoms. The Bertz CT molecular complexity index is 1630. The zero-order valence-corrected chi connectivity index (χ0v) is 22.6. The SMILES string of the molecule is CCOc1cc(/C=C2\C(=O)NC(=O)N(c3ccccc3Cl)C2=O)cc(Br)c1Oc1ccc([N+](=O)[O-])cc1[N+](=O)[O-]. The van der Waals surface area contributed by atoms with Gasteiger partial charge in [0.25, 0.3) is 17.5 Å². The molecule has 4 rings (SSSR count). The molecule has 1 aliphatic rings. The van der Waals surface area contributed by atoms with E-state index in [1.165, 1.54) is 30.3 Å². The molecule has 204 valence electrons. The summed E-state index contributed by atoms with van der Waals surface area (Å²) in [4.78, 5) is 60.0. The van der Waals surface area contributed by atoms with Crippen molar-refractivity contribution >= 4 is 68.5 Å². The van der Waals surface area contributed by atoms with Gasteiger partial charge in [-0.15, -0.1) is 0 Å². The Kier molecular flexibility index (Phi) is 8.11. The maximum atomic E-state index is 13.2. The van der Waals surface area contributed by atoms with Gasteiger partial charge in [-0.1, -0.05) is 23.7 Å². The van der Waals surface area contributed by atoms with Crippen LogP contribution in [0.25, 0.3) is 6.08 Å². The highest BCUT2D eigenvalue weighted by molar-refractivity contribution is 9.10. The maximum absolute atomic E-state index is 13.2. The number of imide groups is 2. The Hall–Kier alpha value is -4.82. The topological polar surface area (TPSA) is 171 Å². The summed E-state index contributed by atoms with van der Waals surface area (Å²) in [5.41, 5.74) is -1.18. The van der Waals surface area contributed by atoms with Crippen molar-refractivity contribution in [1.29, 1.82) is 0 Å². The van der Waals surface area contributed by atoms with E-state index >= 15 is 0 Å². The Morgan fingerprint density at radius 3 is 2.40 bits per heavy atom. The lowest BCUT2D eigenvalue weighted by Gasteiger charge is -2.27. The van der Waals surface area contributed by atoms with Gasteiger partial charge in [-0.05, 0) is 64.8 Å². The van der Waals surface area contributed by atoms with Crippen molar-refractivity contribution in [3.8, 4) is 17.2 Å². The number of amides is 4. The molecule has 1 fully saturated rings. The molecule has 1 saturated heterocycles. The van der Waals surface area contributed by atoms with Gasteiger partial charge < -0.3 is 9.47 Å². The van der Waals surface area contributed by atoms with E-state index in [4.69, 9.17) is 21.1 Å². The van der Waals surface area contributed by atoms with E-state index in [1.54, 1.807) is 19.1 Å². The molecule has 0 aliphatic carbocycles. The van der Waals surface area contributed by atoms with Crippen molar-refractivity contribution in [2.75, 3.05) is 11.5 Å². The Morgan fingerprint density at radius 2 is 1.75 bits per heavy atom. The number of nitrogens with one attached hydrogen (secondary N) is 1. The fraction of sp³-hybridized carbons (Fsp3) is 0.0800. The predicted octanol–water partition coefficient (Wildman–Crippen LogP) is 5.78. The van der Waals surface area contributed by atoms with Crippen LogP contribution in [0.1, 0.15) is 12.5 Å². The second-order valence-corrected chi connectivity index (χ2v) is 9.20. The number of carbonyl (C=O) groups is 3. The van der Waals surface area contributed by atoms with E-state index in [-0.39, 0.29) is 50.2 Å². The number of non-ortho nitro benzene ring substituents is 1. The van der Waals surface area contributed by atoms with E-state index < -0.39 is 39.1 Å². The van der Waals surface area contributed by atoms with E-state index in [9.17, 15) is 34.6 Å². The third-order valence-electron chi connectivity index (χ3n) is 5.40. The van der Waals surface area contributed by atoms with Gasteiger partial charge in [0.1, 0.15) is 5.57 Å². The quantitative estimate of drug-likeness (QED) is 0.140. The van der Waals surface area contributed by atoms with Gasteiger partial charge in [0, 0.05) is 6.07 Å². The lowest BCUT2D eigenvalue weighted by atomic mass is 10.1. The van der Waals surface area contributed by atoms with Crippen molar-refractivity contribution in [3.63, 3.8) is 0 Å². The monoisotopic (exact) mass is 630 g/mol. The average Bonchev–Trinajstić information content (AvgIpc) is 2.89. The Balaban J connectivity index is 1.75. The van der Waals surface area contributed by atoms with E-state index in [2.05, 4.69) is 21.2 Å². The molecule has 0 atom stereocenters. The summed E-state index contributed by atoms with van der Waals surface area (Å²) in [7, 11) is 0. The first-order valence-electron chi connectivity index (χ1n) is 11.2. The third-order valence-corrected chi connectivity index (χ3v) is 6.31. The number of urea groups is 1. The number of nitrogens with zero attached hydrogens (tertiary/aromatic N) is 3. The van der Waals surface area contributed by atoms with Crippen LogP contribution in [0.4, 0.5) is 21.9 Å². The van der Waals surface area contributed by atoms with Crippen molar-refractivity contribution in [2.24, 2.45) is 0 Å². The molecule has 0 spiro atoms. The molecular weight excluding hydrogens is 616 g/mol. The van der Waals surface area contributed by atoms with Crippen molar-refractivity contribution in [2.45, 2.75) is 6.92 Å². The predicted molar refractivity (Wildman–Crippen MR) is 146 cm³/mol. The molecule has 1 heterocycles. The normalized spacial score (nSPS) is 14.2. The molecule has 0 aromatic heterocycles. The van der Waals surface area contributed by atoms with Crippen LogP contribution in [0.5, 0.6) is 17.2 Å². The van der Waals surface area contributed by atoms with Crippen LogP contribution in [0.3, 0.4) is 0 Å². The molecule has 0 saturated carbocycles. The average molecular weight is 632 g/mol. The van der Waals surface area contributed by atoms with Gasteiger partial charge in [-0.2, -0.15) is 0 Å². The highest BCUT2D eigenvalue weighted by Crippen LogP contribution is 2.43. The molecule has 3 aromatic carbocycles. The second-order valence-electron chi connectivity index (χ2n) is 7.94. The van der Waals surface area contributed by atoms with Crippen LogP contribution in [0.15, 0.2) is 64.6 Å². The molecular formula is C25H16BrClN4O9. The Labute approximate surface area is 238 Å². The van der Waals surface area contributed by atoms with Crippen LogP contribution in [0.2, 0.25) is 5.02 Å². The Morgan fingerprint density at radius 1 is 1.02 bits per heavy atom. The van der Waals surface area contributed by atoms with Gasteiger partial charge >= 0.3 is 11.7 Å². The summed E-state index contributed by atoms with van der Waals surface area (Å²) in [5.74, 6) is -2.08. The fourth-order valence-corrected chi connectivity index (χ4v) is 4.43. The molecule has 13 nitrogen and oxygen atoms in total. The van der Waals surface area contributed by atoms with E-state index in [1.807, 2.05) is 0 Å². The largest absolute Gasteiger partial charge is 0.490 e. The summed E-state index contributed by atoms with van der Waals surface area (Å²) in [6.45, 7) is 1.81. The molecule has 3 aromatic rings. The van der Waals surface area contributed by atoms with E-state index in [0.717, 1.165) is 23.1 Å². The standard InChI is InChI=1S/C25H16BrClN4O9/c1-2-39-21-11-13(9-15-23(32)28-25(34)29(24(15)33)18-6-4-3-5-17(18)27)10-16(26)22(21)40-20-8-7-14(30(35)36)12-19(20)31(37)38/h3-12H,2H2,1H3,(H,28,32,34)/b15-9+. The number of carbonyl (C=O) groups excluding carboxylic acids is 3. The summed E-state index contributed by atoms with van der Waals surface area (Å²) < 4.78 is 11.6. The molecule has 4 amide bonds. The summed E-state index contributed by atoms with van der Waals surface area (Å²) in [6.07, 6.45) is 1.22. The zero-order valence-electron chi connectivity index (χ0n) is 20.3. The summed E-state index contributed by atoms with van der Waals surface area (Å²) in [6, 6.07) is 10.9. The van der Waals surface area contributed by atoms with Crippen LogP contribution >= 0.6 is 27.5 Å². The summed E-state index contributed by atoms with van der Waals surface area (Å²) >= 11 is 9.46. The zero-order chi connectivity index (χ0) is 29.1. The highest BCUT2D eigenvalue weighted by Gasteiger charge is 2.37. The van der Waals surface area contributed by atoms with Crippen LogP contribution in [-0.4, -0.2) is 34.3 Å². The number of benzene rings is 3. The number of barbiturate groups is 1. The van der Waals surface area contributed by atoms with Gasteiger partial charge in [0.05, 0.1) is 37.7 Å². The first-order chi connectivity index (χ1) is 19.0. The number of rotatable bonds is 8. The van der Waals surface area contributed by atoms with E-state index in [0.29, 0.717) is 0 Å². The van der Waals surface area contributed by atoms with Crippen molar-refractivity contribution < 1.29 is 33.7 Å². The minimum atomic E-state index is -0.968. The molecule has 0 unspecified atom stereocenters. The number of nitro benzene ring substituents is 2. The van der Waals surface area contributed by atoms with Crippen molar-refractivity contribution in [1.82, 2.24) is 5.32 Å². The van der Waals surface area contributed by atoms with Gasteiger partial charge in [-0.3, -0.25) is 35.1 Å². The number of anilines is 1. The lowest BCUT2D eigenvalue weighted by molar-refractivity contribution is -0.394. The number of hydrogen-bond acceptors (Lipinski definition) is 9. The second kappa shape index (κ2) is 11.5. The number of para-hydroxylation sites is 1.